The highest BCUT2D eigenvalue weighted by Crippen LogP contribution is 2.23. The number of carbonyl (C=O) groups excluding carboxylic acids is 1. The first-order chi connectivity index (χ1) is 13.7. The normalized spacial score (nSPS) is 14.0. The average molecular weight is 378 g/mol. The van der Waals surface area contributed by atoms with Crippen LogP contribution in [0.5, 0.6) is 0 Å². The number of carbonyl (C=O) groups is 1. The first-order valence-corrected chi connectivity index (χ1v) is 9.04. The van der Waals surface area contributed by atoms with Crippen molar-refractivity contribution in [1.82, 2.24) is 14.9 Å². The van der Waals surface area contributed by atoms with Gasteiger partial charge >= 0.3 is 0 Å². The molecule has 1 aromatic heterocycles. The number of anilines is 2. The molecule has 142 valence electrons. The van der Waals surface area contributed by atoms with Crippen LogP contribution in [0.1, 0.15) is 10.5 Å². The number of halogens is 1. The maximum absolute atomic E-state index is 14.1. The summed E-state index contributed by atoms with van der Waals surface area (Å²) >= 11 is 0. The zero-order chi connectivity index (χ0) is 19.3. The van der Waals surface area contributed by atoms with Gasteiger partial charge in [-0.3, -0.25) is 4.79 Å². The van der Waals surface area contributed by atoms with Gasteiger partial charge in [0.1, 0.15) is 17.3 Å². The second kappa shape index (κ2) is 8.14. The Morgan fingerprint density at radius 1 is 1.00 bits per heavy atom. The van der Waals surface area contributed by atoms with Gasteiger partial charge in [-0.15, -0.1) is 0 Å². The number of para-hydroxylation sites is 1. The molecule has 1 amide bonds. The molecule has 3 aromatic rings. The largest absolute Gasteiger partial charge is 0.378 e. The van der Waals surface area contributed by atoms with Crippen molar-refractivity contribution in [2.24, 2.45) is 0 Å². The van der Waals surface area contributed by atoms with Gasteiger partial charge in [-0.25, -0.2) is 14.4 Å². The Kier molecular flexibility index (Phi) is 5.25. The highest BCUT2D eigenvalue weighted by Gasteiger charge is 2.21. The van der Waals surface area contributed by atoms with E-state index >= 15 is 0 Å². The second-order valence-corrected chi connectivity index (χ2v) is 6.34. The molecule has 2 aromatic carbocycles. The molecule has 1 fully saturated rings. The van der Waals surface area contributed by atoms with E-state index in [4.69, 9.17) is 4.74 Å². The SMILES string of the molecule is O=C(c1cc(Nc2ccccc2F)nc(-c2ccccc2)n1)N1CCOCC1. The fraction of sp³-hybridized carbons (Fsp3) is 0.190. The minimum absolute atomic E-state index is 0.195. The van der Waals surface area contributed by atoms with Crippen molar-refractivity contribution in [3.05, 3.63) is 72.2 Å². The number of hydrogen-bond acceptors (Lipinski definition) is 5. The average Bonchev–Trinajstić information content (AvgIpc) is 2.76. The van der Waals surface area contributed by atoms with E-state index in [1.807, 2.05) is 30.3 Å². The van der Waals surface area contributed by atoms with Crippen molar-refractivity contribution in [1.29, 1.82) is 0 Å². The second-order valence-electron chi connectivity index (χ2n) is 6.34. The Morgan fingerprint density at radius 3 is 2.46 bits per heavy atom. The number of hydrogen-bond donors (Lipinski definition) is 1. The molecule has 0 bridgehead atoms. The van der Waals surface area contributed by atoms with Crippen LogP contribution < -0.4 is 5.32 Å². The molecule has 0 atom stereocenters. The Hall–Kier alpha value is -3.32. The minimum Gasteiger partial charge on any atom is -0.378 e. The summed E-state index contributed by atoms with van der Waals surface area (Å²) in [5.74, 6) is 0.164. The van der Waals surface area contributed by atoms with Gasteiger partial charge in [-0.1, -0.05) is 42.5 Å². The molecular weight excluding hydrogens is 359 g/mol. The van der Waals surface area contributed by atoms with Crippen LogP contribution in [0.25, 0.3) is 11.4 Å². The fourth-order valence-electron chi connectivity index (χ4n) is 2.97. The van der Waals surface area contributed by atoms with Crippen LogP contribution in [-0.4, -0.2) is 47.1 Å². The van der Waals surface area contributed by atoms with Crippen LogP contribution in [0.15, 0.2) is 60.7 Å². The van der Waals surface area contributed by atoms with E-state index in [0.717, 1.165) is 5.56 Å². The first kappa shape index (κ1) is 18.1. The number of amides is 1. The monoisotopic (exact) mass is 378 g/mol. The van der Waals surface area contributed by atoms with Crippen molar-refractivity contribution in [3.63, 3.8) is 0 Å². The molecular formula is C21H19FN4O2. The topological polar surface area (TPSA) is 67.4 Å². The summed E-state index contributed by atoms with van der Waals surface area (Å²) in [6.45, 7) is 2.03. The predicted octanol–water partition coefficient (Wildman–Crippen LogP) is 3.50. The van der Waals surface area contributed by atoms with Crippen LogP contribution in [0.3, 0.4) is 0 Å². The molecule has 0 unspecified atom stereocenters. The van der Waals surface area contributed by atoms with Crippen LogP contribution in [0.2, 0.25) is 0 Å². The molecule has 0 saturated carbocycles. The van der Waals surface area contributed by atoms with E-state index in [2.05, 4.69) is 15.3 Å². The summed E-state index contributed by atoms with van der Waals surface area (Å²) < 4.78 is 19.4. The molecule has 1 saturated heterocycles. The lowest BCUT2D eigenvalue weighted by Crippen LogP contribution is -2.41. The predicted molar refractivity (Wildman–Crippen MR) is 104 cm³/mol. The number of nitrogens with zero attached hydrogens (tertiary/aromatic N) is 3. The molecule has 0 radical (unpaired) electrons. The first-order valence-electron chi connectivity index (χ1n) is 9.04. The fourth-order valence-corrected chi connectivity index (χ4v) is 2.97. The van der Waals surface area contributed by atoms with Crippen LogP contribution >= 0.6 is 0 Å². The Balaban J connectivity index is 1.72. The van der Waals surface area contributed by atoms with Crippen molar-refractivity contribution in [2.75, 3.05) is 31.6 Å². The molecule has 1 N–H and O–H groups in total. The standard InChI is InChI=1S/C21H19FN4O2/c22-16-8-4-5-9-17(16)23-19-14-18(21(27)26-10-12-28-13-11-26)24-20(25-19)15-6-2-1-3-7-15/h1-9,14H,10-13H2,(H,23,24,25). The lowest BCUT2D eigenvalue weighted by Gasteiger charge is -2.26. The smallest absolute Gasteiger partial charge is 0.272 e. The lowest BCUT2D eigenvalue weighted by atomic mass is 10.2. The van der Waals surface area contributed by atoms with Crippen LogP contribution in [-0.2, 0) is 4.74 Å². The van der Waals surface area contributed by atoms with Crippen LogP contribution in [0.4, 0.5) is 15.9 Å². The number of aromatic nitrogens is 2. The third-order valence-electron chi connectivity index (χ3n) is 4.41. The van der Waals surface area contributed by atoms with Crippen molar-refractivity contribution >= 4 is 17.4 Å². The molecule has 0 aliphatic carbocycles. The van der Waals surface area contributed by atoms with Gasteiger partial charge in [-0.05, 0) is 12.1 Å². The van der Waals surface area contributed by atoms with Gasteiger partial charge < -0.3 is 15.0 Å². The molecule has 1 aliphatic heterocycles. The Labute approximate surface area is 162 Å². The molecule has 28 heavy (non-hydrogen) atoms. The zero-order valence-corrected chi connectivity index (χ0v) is 15.1. The number of rotatable bonds is 4. The molecule has 4 rings (SSSR count). The van der Waals surface area contributed by atoms with E-state index in [9.17, 15) is 9.18 Å². The molecule has 2 heterocycles. The molecule has 0 spiro atoms. The van der Waals surface area contributed by atoms with E-state index in [1.165, 1.54) is 6.07 Å². The van der Waals surface area contributed by atoms with E-state index in [-0.39, 0.29) is 17.3 Å². The highest BCUT2D eigenvalue weighted by molar-refractivity contribution is 5.93. The van der Waals surface area contributed by atoms with Gasteiger partial charge in [0, 0.05) is 24.7 Å². The van der Waals surface area contributed by atoms with Crippen molar-refractivity contribution in [3.8, 4) is 11.4 Å². The molecule has 1 aliphatic rings. The Bertz CT molecular complexity index is 975. The number of ether oxygens (including phenoxy) is 1. The lowest BCUT2D eigenvalue weighted by molar-refractivity contribution is 0.0299. The van der Waals surface area contributed by atoms with Gasteiger partial charge in [0.05, 0.1) is 18.9 Å². The van der Waals surface area contributed by atoms with E-state index in [1.54, 1.807) is 29.2 Å². The summed E-state index contributed by atoms with van der Waals surface area (Å²) in [4.78, 5) is 23.6. The molecule has 7 heteroatoms. The maximum Gasteiger partial charge on any atom is 0.272 e. The van der Waals surface area contributed by atoms with Crippen molar-refractivity contribution in [2.45, 2.75) is 0 Å². The summed E-state index contributed by atoms with van der Waals surface area (Å²) in [5, 5.41) is 2.96. The summed E-state index contributed by atoms with van der Waals surface area (Å²) in [5.41, 5.74) is 1.32. The third-order valence-corrected chi connectivity index (χ3v) is 4.41. The summed E-state index contributed by atoms with van der Waals surface area (Å²) in [6.07, 6.45) is 0. The van der Waals surface area contributed by atoms with Gasteiger partial charge in [0.25, 0.3) is 5.91 Å². The maximum atomic E-state index is 14.1. The van der Waals surface area contributed by atoms with Gasteiger partial charge in [-0.2, -0.15) is 0 Å². The van der Waals surface area contributed by atoms with Crippen molar-refractivity contribution < 1.29 is 13.9 Å². The van der Waals surface area contributed by atoms with Crippen LogP contribution in [0, 0.1) is 5.82 Å². The number of benzene rings is 2. The number of nitrogens with one attached hydrogen (secondary N) is 1. The minimum atomic E-state index is -0.400. The van der Waals surface area contributed by atoms with Gasteiger partial charge in [0.2, 0.25) is 0 Å². The Morgan fingerprint density at radius 2 is 1.71 bits per heavy atom. The molecule has 6 nitrogen and oxygen atoms in total. The van der Waals surface area contributed by atoms with E-state index in [0.29, 0.717) is 37.9 Å². The quantitative estimate of drug-likeness (QED) is 0.753. The third kappa shape index (κ3) is 3.99. The number of morpholine rings is 1. The van der Waals surface area contributed by atoms with E-state index < -0.39 is 5.82 Å². The highest BCUT2D eigenvalue weighted by atomic mass is 19.1. The van der Waals surface area contributed by atoms with Gasteiger partial charge in [0.15, 0.2) is 5.82 Å². The summed E-state index contributed by atoms with van der Waals surface area (Å²) in [7, 11) is 0. The summed E-state index contributed by atoms with van der Waals surface area (Å²) in [6, 6.07) is 17.2. The zero-order valence-electron chi connectivity index (χ0n) is 15.1.